The molecule has 1 saturated heterocycles. The summed E-state index contributed by atoms with van der Waals surface area (Å²) < 4.78 is 47.5. The molecular weight excluding hydrogens is 341 g/mol. The monoisotopic (exact) mass is 363 g/mol. The van der Waals surface area contributed by atoms with E-state index in [-0.39, 0.29) is 11.9 Å². The first-order valence-electron chi connectivity index (χ1n) is 8.43. The lowest BCUT2D eigenvalue weighted by molar-refractivity contribution is 0.364. The second-order valence-corrected chi connectivity index (χ2v) is 8.02. The van der Waals surface area contributed by atoms with E-state index in [1.54, 1.807) is 18.2 Å². The summed E-state index contributed by atoms with van der Waals surface area (Å²) in [7, 11) is -4.20. The van der Waals surface area contributed by atoms with Crippen molar-refractivity contribution in [3.05, 3.63) is 71.5 Å². The van der Waals surface area contributed by atoms with E-state index in [0.29, 0.717) is 5.56 Å². The first kappa shape index (κ1) is 18.0. The van der Waals surface area contributed by atoms with E-state index in [1.165, 1.54) is 6.07 Å². The fourth-order valence-corrected chi connectivity index (χ4v) is 4.72. The standard InChI is InChI=1S/C19H22FNO3S/c20-17-10-5-4-9-15(17)19(14-7-2-1-3-8-14)16(13-25(22,23)24)18-11-6-12-21-18/h1-5,7-10,16,18-19,21H,6,11-13H2,(H,22,23,24)/t16-,18+,19+/m0/s1. The Morgan fingerprint density at radius 3 is 2.40 bits per heavy atom. The topological polar surface area (TPSA) is 66.4 Å². The van der Waals surface area contributed by atoms with Crippen LogP contribution in [0.4, 0.5) is 4.39 Å². The van der Waals surface area contributed by atoms with E-state index in [0.717, 1.165) is 24.9 Å². The highest BCUT2D eigenvalue weighted by atomic mass is 32.2. The molecule has 0 saturated carbocycles. The maximum Gasteiger partial charge on any atom is 0.265 e. The maximum absolute atomic E-state index is 14.6. The Balaban J connectivity index is 2.11. The summed E-state index contributed by atoms with van der Waals surface area (Å²) in [5.74, 6) is -1.69. The van der Waals surface area contributed by atoms with Crippen LogP contribution in [-0.2, 0) is 10.1 Å². The molecule has 1 heterocycles. The summed E-state index contributed by atoms with van der Waals surface area (Å²) in [6.07, 6.45) is 1.74. The number of nitrogens with one attached hydrogen (secondary N) is 1. The van der Waals surface area contributed by atoms with Gasteiger partial charge in [-0.05, 0) is 36.6 Å². The Morgan fingerprint density at radius 1 is 1.12 bits per heavy atom. The van der Waals surface area contributed by atoms with Crippen LogP contribution in [0.25, 0.3) is 0 Å². The third-order valence-corrected chi connectivity index (χ3v) is 5.65. The summed E-state index contributed by atoms with van der Waals surface area (Å²) in [5, 5.41) is 3.32. The Morgan fingerprint density at radius 2 is 1.80 bits per heavy atom. The zero-order valence-electron chi connectivity index (χ0n) is 13.8. The number of hydrogen-bond donors (Lipinski definition) is 2. The summed E-state index contributed by atoms with van der Waals surface area (Å²) >= 11 is 0. The molecule has 6 heteroatoms. The third kappa shape index (κ3) is 4.45. The molecule has 0 aliphatic carbocycles. The molecule has 1 fully saturated rings. The molecule has 134 valence electrons. The molecule has 2 N–H and O–H groups in total. The van der Waals surface area contributed by atoms with Crippen molar-refractivity contribution >= 4 is 10.1 Å². The van der Waals surface area contributed by atoms with Crippen molar-refractivity contribution in [1.82, 2.24) is 5.32 Å². The summed E-state index contributed by atoms with van der Waals surface area (Å²) in [6, 6.07) is 15.7. The number of halogens is 1. The second kappa shape index (κ2) is 7.64. The molecule has 1 aliphatic rings. The van der Waals surface area contributed by atoms with Gasteiger partial charge in [0, 0.05) is 17.9 Å². The fourth-order valence-electron chi connectivity index (χ4n) is 3.81. The molecule has 0 spiro atoms. The molecule has 0 radical (unpaired) electrons. The lowest BCUT2D eigenvalue weighted by atomic mass is 9.77. The maximum atomic E-state index is 14.6. The van der Waals surface area contributed by atoms with Gasteiger partial charge < -0.3 is 5.32 Å². The van der Waals surface area contributed by atoms with Gasteiger partial charge in [-0.3, -0.25) is 4.55 Å². The van der Waals surface area contributed by atoms with E-state index in [2.05, 4.69) is 5.32 Å². The van der Waals surface area contributed by atoms with Crippen molar-refractivity contribution in [2.24, 2.45) is 5.92 Å². The van der Waals surface area contributed by atoms with Crippen LogP contribution in [0.2, 0.25) is 0 Å². The minimum atomic E-state index is -4.20. The molecule has 0 bridgehead atoms. The molecular formula is C19H22FNO3S. The average Bonchev–Trinajstić information content (AvgIpc) is 3.10. The summed E-state index contributed by atoms with van der Waals surface area (Å²) in [6.45, 7) is 0.797. The number of rotatable bonds is 6. The van der Waals surface area contributed by atoms with E-state index >= 15 is 0 Å². The highest BCUT2D eigenvalue weighted by molar-refractivity contribution is 7.85. The fraction of sp³-hybridized carbons (Fsp3) is 0.368. The minimum absolute atomic E-state index is 0.0910. The molecule has 1 aliphatic heterocycles. The predicted octanol–water partition coefficient (Wildman–Crippen LogP) is 3.21. The van der Waals surface area contributed by atoms with Crippen LogP contribution < -0.4 is 5.32 Å². The largest absolute Gasteiger partial charge is 0.314 e. The van der Waals surface area contributed by atoms with Crippen LogP contribution in [0, 0.1) is 11.7 Å². The highest BCUT2D eigenvalue weighted by Gasteiger charge is 2.37. The van der Waals surface area contributed by atoms with Gasteiger partial charge in [0.1, 0.15) is 5.82 Å². The second-order valence-electron chi connectivity index (χ2n) is 6.53. The van der Waals surface area contributed by atoms with E-state index < -0.39 is 27.7 Å². The van der Waals surface area contributed by atoms with E-state index in [1.807, 2.05) is 30.3 Å². The highest BCUT2D eigenvalue weighted by Crippen LogP contribution is 2.38. The molecule has 3 rings (SSSR count). The third-order valence-electron chi connectivity index (χ3n) is 4.85. The van der Waals surface area contributed by atoms with Crippen LogP contribution >= 0.6 is 0 Å². The first-order chi connectivity index (χ1) is 12.0. The molecule has 2 aromatic carbocycles. The van der Waals surface area contributed by atoms with Gasteiger partial charge in [-0.1, -0.05) is 48.5 Å². The SMILES string of the molecule is O=S(=O)(O)C[C@H]([C@H](c1ccccc1)c1ccccc1F)[C@H]1CCCN1. The smallest absolute Gasteiger partial charge is 0.265 e. The zero-order chi connectivity index (χ0) is 17.9. The zero-order valence-corrected chi connectivity index (χ0v) is 14.6. The quantitative estimate of drug-likeness (QED) is 0.774. The van der Waals surface area contributed by atoms with Gasteiger partial charge in [-0.2, -0.15) is 8.42 Å². The molecule has 2 aromatic rings. The van der Waals surface area contributed by atoms with Gasteiger partial charge in [0.05, 0.1) is 5.75 Å². The summed E-state index contributed by atoms with van der Waals surface area (Å²) in [5.41, 5.74) is 1.30. The normalized spacial score (nSPS) is 20.3. The van der Waals surface area contributed by atoms with Gasteiger partial charge in [0.2, 0.25) is 0 Å². The van der Waals surface area contributed by atoms with Crippen molar-refractivity contribution in [1.29, 1.82) is 0 Å². The van der Waals surface area contributed by atoms with Gasteiger partial charge in [0.25, 0.3) is 10.1 Å². The van der Waals surface area contributed by atoms with Crippen molar-refractivity contribution < 1.29 is 17.4 Å². The van der Waals surface area contributed by atoms with Gasteiger partial charge in [0.15, 0.2) is 0 Å². The van der Waals surface area contributed by atoms with Crippen LogP contribution in [0.5, 0.6) is 0 Å². The molecule has 0 amide bonds. The van der Waals surface area contributed by atoms with Gasteiger partial charge in [-0.25, -0.2) is 4.39 Å². The molecule has 25 heavy (non-hydrogen) atoms. The molecule has 0 unspecified atom stereocenters. The van der Waals surface area contributed by atoms with Crippen LogP contribution in [0.15, 0.2) is 54.6 Å². The Labute approximate surface area is 147 Å². The lowest BCUT2D eigenvalue weighted by Crippen LogP contribution is -2.39. The Kier molecular flexibility index (Phi) is 5.51. The Hall–Kier alpha value is -1.76. The van der Waals surface area contributed by atoms with Crippen molar-refractivity contribution in [3.8, 4) is 0 Å². The van der Waals surface area contributed by atoms with Crippen molar-refractivity contribution in [2.45, 2.75) is 24.8 Å². The average molecular weight is 363 g/mol. The summed E-state index contributed by atoms with van der Waals surface area (Å²) in [4.78, 5) is 0. The van der Waals surface area contributed by atoms with Crippen LogP contribution in [-0.4, -0.2) is 31.3 Å². The first-order valence-corrected chi connectivity index (χ1v) is 10.0. The van der Waals surface area contributed by atoms with E-state index in [9.17, 15) is 17.4 Å². The number of benzene rings is 2. The molecule has 3 atom stereocenters. The van der Waals surface area contributed by atoms with Crippen LogP contribution in [0.1, 0.15) is 29.9 Å². The predicted molar refractivity (Wildman–Crippen MR) is 95.6 cm³/mol. The van der Waals surface area contributed by atoms with Gasteiger partial charge in [-0.15, -0.1) is 0 Å². The van der Waals surface area contributed by atoms with Crippen molar-refractivity contribution in [3.63, 3.8) is 0 Å². The Bertz CT molecular complexity index is 804. The number of hydrogen-bond acceptors (Lipinski definition) is 3. The van der Waals surface area contributed by atoms with Crippen LogP contribution in [0.3, 0.4) is 0 Å². The molecule has 0 aromatic heterocycles. The lowest BCUT2D eigenvalue weighted by Gasteiger charge is -2.32. The van der Waals surface area contributed by atoms with Gasteiger partial charge >= 0.3 is 0 Å². The minimum Gasteiger partial charge on any atom is -0.314 e. The van der Waals surface area contributed by atoms with Crippen molar-refractivity contribution in [2.75, 3.05) is 12.3 Å². The van der Waals surface area contributed by atoms with E-state index in [4.69, 9.17) is 0 Å². The molecule has 4 nitrogen and oxygen atoms in total.